The number of hydrogen-bond acceptors (Lipinski definition) is 4. The lowest BCUT2D eigenvalue weighted by atomic mass is 9.77. The largest absolute Gasteiger partial charge is 0.507 e. The SMILES string of the molecule is CCN(CC)c1ccc2c(c1)Oc1c(ccc(O)c1CF)C21OCc2ccccc21. The fourth-order valence-corrected chi connectivity index (χ4v) is 4.77. The van der Waals surface area contributed by atoms with Crippen LogP contribution < -0.4 is 9.64 Å². The van der Waals surface area contributed by atoms with Crippen molar-refractivity contribution in [1.29, 1.82) is 0 Å². The highest BCUT2D eigenvalue weighted by Crippen LogP contribution is 2.58. The third-order valence-corrected chi connectivity index (χ3v) is 6.27. The molecule has 0 radical (unpaired) electrons. The maximum atomic E-state index is 13.9. The minimum absolute atomic E-state index is 0.110. The van der Waals surface area contributed by atoms with Crippen LogP contribution in [0.4, 0.5) is 10.1 Å². The van der Waals surface area contributed by atoms with Crippen LogP contribution in [0, 0.1) is 0 Å². The molecule has 2 aliphatic rings. The van der Waals surface area contributed by atoms with E-state index in [1.807, 2.05) is 18.2 Å². The first kappa shape index (κ1) is 18.9. The number of hydrogen-bond donors (Lipinski definition) is 1. The monoisotopic (exact) mass is 405 g/mol. The number of phenolic OH excluding ortho intramolecular Hbond substituents is 1. The number of phenols is 1. The molecule has 4 nitrogen and oxygen atoms in total. The molecule has 0 aromatic heterocycles. The molecule has 30 heavy (non-hydrogen) atoms. The zero-order valence-corrected chi connectivity index (χ0v) is 17.1. The summed E-state index contributed by atoms with van der Waals surface area (Å²) in [7, 11) is 0. The van der Waals surface area contributed by atoms with Crippen molar-refractivity contribution in [2.75, 3.05) is 18.0 Å². The highest BCUT2D eigenvalue weighted by molar-refractivity contribution is 5.69. The Bertz CT molecular complexity index is 1130. The van der Waals surface area contributed by atoms with Gasteiger partial charge in [0.05, 0.1) is 12.2 Å². The van der Waals surface area contributed by atoms with Gasteiger partial charge in [0, 0.05) is 36.0 Å². The number of nitrogens with zero attached hydrogens (tertiary/aromatic N) is 1. The van der Waals surface area contributed by atoms with Crippen molar-refractivity contribution >= 4 is 5.69 Å². The Kier molecular flexibility index (Phi) is 4.44. The quantitative estimate of drug-likeness (QED) is 0.610. The van der Waals surface area contributed by atoms with Crippen LogP contribution in [0.5, 0.6) is 17.2 Å². The maximum Gasteiger partial charge on any atom is 0.151 e. The Morgan fingerprint density at radius 1 is 1.00 bits per heavy atom. The van der Waals surface area contributed by atoms with E-state index in [4.69, 9.17) is 9.47 Å². The van der Waals surface area contributed by atoms with Gasteiger partial charge in [0.25, 0.3) is 0 Å². The van der Waals surface area contributed by atoms with Crippen molar-refractivity contribution in [3.8, 4) is 17.2 Å². The first-order valence-corrected chi connectivity index (χ1v) is 10.3. The van der Waals surface area contributed by atoms with Gasteiger partial charge in [-0.15, -0.1) is 0 Å². The summed E-state index contributed by atoms with van der Waals surface area (Å²) in [5.74, 6) is 0.864. The first-order chi connectivity index (χ1) is 14.6. The van der Waals surface area contributed by atoms with Crippen LogP contribution in [0.15, 0.2) is 54.6 Å². The number of halogens is 1. The van der Waals surface area contributed by atoms with Gasteiger partial charge >= 0.3 is 0 Å². The van der Waals surface area contributed by atoms with E-state index in [-0.39, 0.29) is 11.3 Å². The molecule has 0 saturated carbocycles. The lowest BCUT2D eigenvalue weighted by molar-refractivity contribution is 0.0197. The van der Waals surface area contributed by atoms with E-state index in [0.29, 0.717) is 18.1 Å². The van der Waals surface area contributed by atoms with E-state index in [1.165, 1.54) is 6.07 Å². The molecule has 0 fully saturated rings. The van der Waals surface area contributed by atoms with Crippen LogP contribution in [0.1, 0.15) is 41.7 Å². The second-order valence-electron chi connectivity index (χ2n) is 7.66. The van der Waals surface area contributed by atoms with Gasteiger partial charge in [-0.05, 0) is 49.2 Å². The molecule has 1 spiro atoms. The maximum absolute atomic E-state index is 13.9. The van der Waals surface area contributed by atoms with Crippen LogP contribution in [0.3, 0.4) is 0 Å². The predicted molar refractivity (Wildman–Crippen MR) is 114 cm³/mol. The van der Waals surface area contributed by atoms with Crippen molar-refractivity contribution < 1.29 is 19.0 Å². The van der Waals surface area contributed by atoms with E-state index < -0.39 is 12.3 Å². The molecule has 1 N–H and O–H groups in total. The van der Waals surface area contributed by atoms with E-state index in [0.717, 1.165) is 41.0 Å². The summed E-state index contributed by atoms with van der Waals surface area (Å²) in [6.45, 7) is 5.59. The second kappa shape index (κ2) is 7.03. The molecule has 0 amide bonds. The van der Waals surface area contributed by atoms with E-state index >= 15 is 0 Å². The second-order valence-corrected chi connectivity index (χ2v) is 7.66. The smallest absolute Gasteiger partial charge is 0.151 e. The summed E-state index contributed by atoms with van der Waals surface area (Å²) in [6, 6.07) is 17.5. The van der Waals surface area contributed by atoms with Crippen molar-refractivity contribution in [2.45, 2.75) is 32.7 Å². The summed E-state index contributed by atoms with van der Waals surface area (Å²) in [5, 5.41) is 10.3. The van der Waals surface area contributed by atoms with Crippen molar-refractivity contribution in [2.24, 2.45) is 0 Å². The Balaban J connectivity index is 1.81. The lowest BCUT2D eigenvalue weighted by Crippen LogP contribution is -2.33. The summed E-state index contributed by atoms with van der Waals surface area (Å²) >= 11 is 0. The molecular weight excluding hydrogens is 381 g/mol. The van der Waals surface area contributed by atoms with Gasteiger partial charge < -0.3 is 19.5 Å². The molecule has 154 valence electrons. The van der Waals surface area contributed by atoms with E-state index in [9.17, 15) is 9.50 Å². The lowest BCUT2D eigenvalue weighted by Gasteiger charge is -2.38. The first-order valence-electron chi connectivity index (χ1n) is 10.3. The predicted octanol–water partition coefficient (Wildman–Crippen LogP) is 5.64. The third-order valence-electron chi connectivity index (χ3n) is 6.27. The number of ether oxygens (including phenoxy) is 2. The molecule has 2 aliphatic heterocycles. The Hall–Kier alpha value is -3.05. The van der Waals surface area contributed by atoms with Crippen molar-refractivity contribution in [3.05, 3.63) is 82.4 Å². The minimum atomic E-state index is -0.890. The van der Waals surface area contributed by atoms with E-state index in [2.05, 4.69) is 43.0 Å². The highest BCUT2D eigenvalue weighted by Gasteiger charge is 2.50. The molecule has 0 bridgehead atoms. The van der Waals surface area contributed by atoms with Crippen LogP contribution in [-0.2, 0) is 23.6 Å². The van der Waals surface area contributed by atoms with Gasteiger partial charge in [0.2, 0.25) is 0 Å². The molecule has 3 aromatic rings. The Labute approximate surface area is 175 Å². The van der Waals surface area contributed by atoms with Crippen LogP contribution in [0.25, 0.3) is 0 Å². The summed E-state index contributed by atoms with van der Waals surface area (Å²) in [4.78, 5) is 2.23. The third kappa shape index (κ3) is 2.48. The van der Waals surface area contributed by atoms with Gasteiger partial charge in [-0.25, -0.2) is 4.39 Å². The van der Waals surface area contributed by atoms with Crippen LogP contribution in [0.2, 0.25) is 0 Å². The van der Waals surface area contributed by atoms with Gasteiger partial charge in [-0.2, -0.15) is 0 Å². The number of anilines is 1. The zero-order chi connectivity index (χ0) is 20.9. The number of alkyl halides is 1. The number of rotatable bonds is 4. The molecule has 2 heterocycles. The van der Waals surface area contributed by atoms with Gasteiger partial charge in [0.15, 0.2) is 5.60 Å². The van der Waals surface area contributed by atoms with Gasteiger partial charge in [-0.3, -0.25) is 0 Å². The summed E-state index contributed by atoms with van der Waals surface area (Å²) in [6.07, 6.45) is 0. The fraction of sp³-hybridized carbons (Fsp3) is 0.280. The number of benzene rings is 3. The van der Waals surface area contributed by atoms with Crippen LogP contribution in [-0.4, -0.2) is 18.2 Å². The molecular formula is C25H24FNO3. The van der Waals surface area contributed by atoms with Gasteiger partial charge in [0.1, 0.15) is 23.9 Å². The molecule has 0 saturated heterocycles. The topological polar surface area (TPSA) is 41.9 Å². The standard InChI is InChI=1S/C25H24FNO3/c1-3-27(4-2)17-9-10-20-23(13-17)30-24-18(14-26)22(28)12-11-21(24)25(20)19-8-6-5-7-16(19)15-29-25/h5-13,28H,3-4,14-15H2,1-2H3. The molecule has 1 atom stereocenters. The minimum Gasteiger partial charge on any atom is -0.507 e. The Morgan fingerprint density at radius 2 is 1.77 bits per heavy atom. The fourth-order valence-electron chi connectivity index (χ4n) is 4.77. The summed E-state index contributed by atoms with van der Waals surface area (Å²) < 4.78 is 26.7. The molecule has 3 aromatic carbocycles. The van der Waals surface area contributed by atoms with Gasteiger partial charge in [-0.1, -0.05) is 24.3 Å². The highest BCUT2D eigenvalue weighted by atomic mass is 19.1. The average Bonchev–Trinajstić information content (AvgIpc) is 3.15. The Morgan fingerprint density at radius 3 is 2.53 bits per heavy atom. The summed E-state index contributed by atoms with van der Waals surface area (Å²) in [5.41, 5.74) is 4.04. The molecule has 0 aliphatic carbocycles. The average molecular weight is 405 g/mol. The molecule has 1 unspecified atom stereocenters. The van der Waals surface area contributed by atoms with E-state index in [1.54, 1.807) is 6.07 Å². The molecule has 5 heteroatoms. The zero-order valence-electron chi connectivity index (χ0n) is 17.1. The van der Waals surface area contributed by atoms with Crippen LogP contribution >= 0.6 is 0 Å². The van der Waals surface area contributed by atoms with Crippen molar-refractivity contribution in [3.63, 3.8) is 0 Å². The number of aromatic hydroxyl groups is 1. The van der Waals surface area contributed by atoms with Crippen molar-refractivity contribution in [1.82, 2.24) is 0 Å². The number of fused-ring (bicyclic) bond motifs is 6. The normalized spacial score (nSPS) is 18.5. The molecule has 5 rings (SSSR count).